The van der Waals surface area contributed by atoms with Crippen LogP contribution in [0, 0.1) is 6.92 Å². The summed E-state index contributed by atoms with van der Waals surface area (Å²) >= 11 is 5.93. The minimum Gasteiger partial charge on any atom is -0.482 e. The number of aliphatic hydroxyl groups excluding tert-OH is 1. The molecule has 0 bridgehead atoms. The van der Waals surface area contributed by atoms with Crippen molar-refractivity contribution < 1.29 is 19.4 Å². The molecule has 0 aliphatic rings. The highest BCUT2D eigenvalue weighted by atomic mass is 35.5. The third-order valence-electron chi connectivity index (χ3n) is 2.13. The second-order valence-electron chi connectivity index (χ2n) is 3.22. The molecule has 5 heteroatoms. The van der Waals surface area contributed by atoms with Gasteiger partial charge in [-0.3, -0.25) is 0 Å². The highest BCUT2D eigenvalue weighted by Gasteiger charge is 2.08. The van der Waals surface area contributed by atoms with Gasteiger partial charge in [-0.15, -0.1) is 0 Å². The summed E-state index contributed by atoms with van der Waals surface area (Å²) in [6, 6.07) is 3.27. The fourth-order valence-electron chi connectivity index (χ4n) is 1.23. The van der Waals surface area contributed by atoms with E-state index >= 15 is 0 Å². The van der Waals surface area contributed by atoms with Gasteiger partial charge in [0.25, 0.3) is 0 Å². The van der Waals surface area contributed by atoms with E-state index in [1.165, 1.54) is 7.11 Å². The molecule has 0 aliphatic carbocycles. The summed E-state index contributed by atoms with van der Waals surface area (Å²) < 4.78 is 9.62. The van der Waals surface area contributed by atoms with Crippen molar-refractivity contribution >= 4 is 17.6 Å². The van der Waals surface area contributed by atoms with Crippen molar-refractivity contribution in [3.8, 4) is 5.75 Å². The number of hydrogen-bond donors (Lipinski definition) is 1. The van der Waals surface area contributed by atoms with Gasteiger partial charge >= 0.3 is 5.97 Å². The van der Waals surface area contributed by atoms with Gasteiger partial charge in [-0.25, -0.2) is 4.79 Å². The smallest absolute Gasteiger partial charge is 0.343 e. The van der Waals surface area contributed by atoms with Gasteiger partial charge in [-0.05, 0) is 30.2 Å². The number of esters is 1. The third kappa shape index (κ3) is 3.12. The number of aliphatic hydroxyl groups is 1. The molecule has 0 atom stereocenters. The van der Waals surface area contributed by atoms with Gasteiger partial charge in [0, 0.05) is 0 Å². The van der Waals surface area contributed by atoms with Crippen LogP contribution in [0.15, 0.2) is 12.1 Å². The fourth-order valence-corrected chi connectivity index (χ4v) is 1.54. The van der Waals surface area contributed by atoms with E-state index in [-0.39, 0.29) is 13.2 Å². The Hall–Kier alpha value is -1.26. The second-order valence-corrected chi connectivity index (χ2v) is 3.63. The number of aryl methyl sites for hydroxylation is 1. The lowest BCUT2D eigenvalue weighted by molar-refractivity contribution is -0.142. The zero-order valence-electron chi connectivity index (χ0n) is 9.12. The van der Waals surface area contributed by atoms with Gasteiger partial charge in [0.15, 0.2) is 6.61 Å². The van der Waals surface area contributed by atoms with E-state index in [0.717, 1.165) is 5.56 Å². The summed E-state index contributed by atoms with van der Waals surface area (Å²) in [5, 5.41) is 9.47. The second kappa shape index (κ2) is 5.72. The van der Waals surface area contributed by atoms with Crippen LogP contribution in [-0.4, -0.2) is 24.8 Å². The summed E-state index contributed by atoms with van der Waals surface area (Å²) in [5.41, 5.74) is 1.47. The predicted molar refractivity (Wildman–Crippen MR) is 59.6 cm³/mol. The maximum Gasteiger partial charge on any atom is 0.343 e. The zero-order valence-corrected chi connectivity index (χ0v) is 9.87. The molecular weight excluding hydrogens is 232 g/mol. The molecule has 1 aromatic carbocycles. The molecule has 0 aliphatic heterocycles. The highest BCUT2D eigenvalue weighted by molar-refractivity contribution is 6.31. The summed E-state index contributed by atoms with van der Waals surface area (Å²) in [4.78, 5) is 10.9. The van der Waals surface area contributed by atoms with Gasteiger partial charge in [0.05, 0.1) is 18.7 Å². The van der Waals surface area contributed by atoms with E-state index in [9.17, 15) is 4.79 Å². The van der Waals surface area contributed by atoms with E-state index in [0.29, 0.717) is 16.3 Å². The number of carbonyl (C=O) groups is 1. The van der Waals surface area contributed by atoms with Crippen LogP contribution in [-0.2, 0) is 16.1 Å². The van der Waals surface area contributed by atoms with Crippen molar-refractivity contribution in [3.63, 3.8) is 0 Å². The Bertz CT molecular complexity index is 367. The monoisotopic (exact) mass is 244 g/mol. The Morgan fingerprint density at radius 3 is 2.69 bits per heavy atom. The average molecular weight is 245 g/mol. The largest absolute Gasteiger partial charge is 0.482 e. The number of benzene rings is 1. The standard InChI is InChI=1S/C11H13ClO4/c1-7-3-8(16-6-11(14)15-2)4-10(12)9(7)5-13/h3-4,13H,5-6H2,1-2H3. The lowest BCUT2D eigenvalue weighted by Crippen LogP contribution is -2.12. The molecule has 1 rings (SSSR count). The minimum absolute atomic E-state index is 0.123. The Morgan fingerprint density at radius 2 is 2.19 bits per heavy atom. The lowest BCUT2D eigenvalue weighted by Gasteiger charge is -2.10. The van der Waals surface area contributed by atoms with Crippen LogP contribution in [0.3, 0.4) is 0 Å². The van der Waals surface area contributed by atoms with Crippen LogP contribution in [0.5, 0.6) is 5.75 Å². The topological polar surface area (TPSA) is 55.8 Å². The van der Waals surface area contributed by atoms with Crippen LogP contribution in [0.25, 0.3) is 0 Å². The fraction of sp³-hybridized carbons (Fsp3) is 0.364. The minimum atomic E-state index is -0.458. The van der Waals surface area contributed by atoms with Crippen LogP contribution >= 0.6 is 11.6 Å². The van der Waals surface area contributed by atoms with E-state index in [2.05, 4.69) is 4.74 Å². The molecule has 0 aromatic heterocycles. The van der Waals surface area contributed by atoms with Gasteiger partial charge in [-0.2, -0.15) is 0 Å². The normalized spacial score (nSPS) is 10.0. The number of hydrogen-bond acceptors (Lipinski definition) is 4. The first kappa shape index (κ1) is 12.8. The Morgan fingerprint density at radius 1 is 1.50 bits per heavy atom. The van der Waals surface area contributed by atoms with Gasteiger partial charge in [-0.1, -0.05) is 11.6 Å². The van der Waals surface area contributed by atoms with Gasteiger partial charge in [0.2, 0.25) is 0 Å². The van der Waals surface area contributed by atoms with Crippen LogP contribution in [0.1, 0.15) is 11.1 Å². The molecule has 0 saturated heterocycles. The summed E-state index contributed by atoms with van der Waals surface area (Å²) in [7, 11) is 1.29. The van der Waals surface area contributed by atoms with Gasteiger partial charge in [0.1, 0.15) is 5.75 Å². The molecule has 0 fully saturated rings. The first-order valence-corrected chi connectivity index (χ1v) is 5.05. The molecule has 0 heterocycles. The highest BCUT2D eigenvalue weighted by Crippen LogP contribution is 2.26. The molecule has 0 saturated carbocycles. The Balaban J connectivity index is 2.79. The predicted octanol–water partition coefficient (Wildman–Crippen LogP) is 1.69. The number of ether oxygens (including phenoxy) is 2. The molecule has 0 spiro atoms. The van der Waals surface area contributed by atoms with Crippen LogP contribution in [0.2, 0.25) is 5.02 Å². The molecule has 1 aromatic rings. The quantitative estimate of drug-likeness (QED) is 0.819. The number of carbonyl (C=O) groups excluding carboxylic acids is 1. The molecule has 4 nitrogen and oxygen atoms in total. The number of rotatable bonds is 4. The van der Waals surface area contributed by atoms with Crippen LogP contribution in [0.4, 0.5) is 0 Å². The summed E-state index contributed by atoms with van der Waals surface area (Å²) in [6.07, 6.45) is 0. The summed E-state index contributed by atoms with van der Waals surface area (Å²) in [5.74, 6) is 0.0186. The van der Waals surface area contributed by atoms with Crippen molar-refractivity contribution in [3.05, 3.63) is 28.3 Å². The van der Waals surface area contributed by atoms with Crippen molar-refractivity contribution in [1.82, 2.24) is 0 Å². The number of halogens is 1. The van der Waals surface area contributed by atoms with E-state index < -0.39 is 5.97 Å². The van der Waals surface area contributed by atoms with E-state index in [1.54, 1.807) is 12.1 Å². The van der Waals surface area contributed by atoms with E-state index in [1.807, 2.05) is 6.92 Å². The van der Waals surface area contributed by atoms with Crippen molar-refractivity contribution in [2.24, 2.45) is 0 Å². The SMILES string of the molecule is COC(=O)COc1cc(C)c(CO)c(Cl)c1. The van der Waals surface area contributed by atoms with Crippen LogP contribution < -0.4 is 4.74 Å². The van der Waals surface area contributed by atoms with Gasteiger partial charge < -0.3 is 14.6 Å². The lowest BCUT2D eigenvalue weighted by atomic mass is 10.1. The molecule has 0 amide bonds. The Labute approximate surface area is 98.7 Å². The number of methoxy groups -OCH3 is 1. The first-order chi connectivity index (χ1) is 7.58. The molecular formula is C11H13ClO4. The van der Waals surface area contributed by atoms with E-state index in [4.69, 9.17) is 21.4 Å². The maximum absolute atomic E-state index is 10.9. The van der Waals surface area contributed by atoms with Crippen molar-refractivity contribution in [2.75, 3.05) is 13.7 Å². The first-order valence-electron chi connectivity index (χ1n) is 4.68. The molecule has 16 heavy (non-hydrogen) atoms. The van der Waals surface area contributed by atoms with Crippen molar-refractivity contribution in [1.29, 1.82) is 0 Å². The average Bonchev–Trinajstić information content (AvgIpc) is 2.25. The molecule has 0 radical (unpaired) electrons. The third-order valence-corrected chi connectivity index (χ3v) is 2.47. The molecule has 0 unspecified atom stereocenters. The Kier molecular flexibility index (Phi) is 4.58. The maximum atomic E-state index is 10.9. The molecule has 88 valence electrons. The molecule has 1 N–H and O–H groups in total. The summed E-state index contributed by atoms with van der Waals surface area (Å²) in [6.45, 7) is 1.52. The zero-order chi connectivity index (χ0) is 12.1. The van der Waals surface area contributed by atoms with Crippen molar-refractivity contribution in [2.45, 2.75) is 13.5 Å².